The van der Waals surface area contributed by atoms with Gasteiger partial charge in [0, 0.05) is 17.9 Å². The number of benzene rings is 1. The lowest BCUT2D eigenvalue weighted by molar-refractivity contribution is 0.855. The van der Waals surface area contributed by atoms with Crippen LogP contribution in [-0.2, 0) is 6.42 Å². The Bertz CT molecular complexity index is 1010. The summed E-state index contributed by atoms with van der Waals surface area (Å²) in [5.74, 6) is 1.10. The molecular weight excluding hydrogens is 268 g/mol. The normalized spacial score (nSPS) is 11.5. The predicted molar refractivity (Wildman–Crippen MR) is 78.1 cm³/mol. The van der Waals surface area contributed by atoms with Gasteiger partial charge in [-0.3, -0.25) is 9.89 Å². The van der Waals surface area contributed by atoms with Crippen LogP contribution >= 0.6 is 0 Å². The molecule has 4 rings (SSSR count). The van der Waals surface area contributed by atoms with E-state index >= 15 is 0 Å². The molecule has 0 saturated carbocycles. The van der Waals surface area contributed by atoms with Gasteiger partial charge in [-0.1, -0.05) is 13.0 Å². The number of aromatic amines is 2. The van der Waals surface area contributed by atoms with Crippen LogP contribution in [0.25, 0.3) is 27.9 Å². The number of hydrogen-bond acceptors (Lipinski definition) is 4. The van der Waals surface area contributed by atoms with E-state index in [4.69, 9.17) is 0 Å². The summed E-state index contributed by atoms with van der Waals surface area (Å²) in [6, 6.07) is 7.36. The predicted octanol–water partition coefficient (Wildman–Crippen LogP) is 1.52. The molecule has 0 unspecified atom stereocenters. The molecule has 21 heavy (non-hydrogen) atoms. The van der Waals surface area contributed by atoms with Gasteiger partial charge in [0.1, 0.15) is 0 Å². The van der Waals surface area contributed by atoms with E-state index in [2.05, 4.69) is 25.3 Å². The van der Waals surface area contributed by atoms with Crippen molar-refractivity contribution < 1.29 is 0 Å². The van der Waals surface area contributed by atoms with Crippen LogP contribution in [0.1, 0.15) is 12.7 Å². The third-order valence-electron chi connectivity index (χ3n) is 3.44. The van der Waals surface area contributed by atoms with E-state index in [0.717, 1.165) is 16.5 Å². The fourth-order valence-corrected chi connectivity index (χ4v) is 2.35. The highest BCUT2D eigenvalue weighted by atomic mass is 16.1. The molecule has 2 N–H and O–H groups in total. The first kappa shape index (κ1) is 11.8. The molecular formula is C14H12N6O. The molecule has 0 aliphatic carbocycles. The third-order valence-corrected chi connectivity index (χ3v) is 3.44. The summed E-state index contributed by atoms with van der Waals surface area (Å²) >= 11 is 0. The van der Waals surface area contributed by atoms with Crippen molar-refractivity contribution in [1.29, 1.82) is 0 Å². The maximum atomic E-state index is 12.1. The Kier molecular flexibility index (Phi) is 2.41. The monoisotopic (exact) mass is 280 g/mol. The van der Waals surface area contributed by atoms with Crippen LogP contribution in [0.2, 0.25) is 0 Å². The van der Waals surface area contributed by atoms with Crippen molar-refractivity contribution in [2.24, 2.45) is 0 Å². The van der Waals surface area contributed by atoms with E-state index in [0.29, 0.717) is 23.7 Å². The highest BCUT2D eigenvalue weighted by Gasteiger charge is 2.09. The second kappa shape index (κ2) is 4.27. The number of rotatable bonds is 2. The zero-order valence-electron chi connectivity index (χ0n) is 11.3. The van der Waals surface area contributed by atoms with Crippen LogP contribution < -0.4 is 5.56 Å². The molecule has 7 nitrogen and oxygen atoms in total. The van der Waals surface area contributed by atoms with Crippen LogP contribution in [0, 0.1) is 0 Å². The molecule has 0 aliphatic rings. The molecule has 0 amide bonds. The summed E-state index contributed by atoms with van der Waals surface area (Å²) in [6.45, 7) is 1.95. The standard InChI is InChI=1S/C14H12N6O/c1-2-12-17-14-16-11(6-13(21)20(14)19-12)8-3-4-10-9(5-8)7-15-18-10/h3-7H,2H2,1H3,(H,15,18)(H,16,17,19). The molecule has 1 aromatic carbocycles. The second-order valence-electron chi connectivity index (χ2n) is 4.81. The molecule has 3 aromatic heterocycles. The molecule has 7 heteroatoms. The molecule has 0 bridgehead atoms. The number of fused-ring (bicyclic) bond motifs is 2. The molecule has 0 aliphatic heterocycles. The summed E-state index contributed by atoms with van der Waals surface area (Å²) in [6.07, 6.45) is 2.44. The first-order valence-corrected chi connectivity index (χ1v) is 6.67. The number of aryl methyl sites for hydroxylation is 1. The average Bonchev–Trinajstić information content (AvgIpc) is 3.12. The second-order valence-corrected chi connectivity index (χ2v) is 4.81. The van der Waals surface area contributed by atoms with Crippen LogP contribution in [0.4, 0.5) is 0 Å². The van der Waals surface area contributed by atoms with E-state index < -0.39 is 0 Å². The van der Waals surface area contributed by atoms with E-state index in [9.17, 15) is 4.79 Å². The molecule has 4 aromatic rings. The van der Waals surface area contributed by atoms with Crippen LogP contribution in [0.5, 0.6) is 0 Å². The molecule has 0 atom stereocenters. The van der Waals surface area contributed by atoms with Gasteiger partial charge < -0.3 is 4.98 Å². The Balaban J connectivity index is 1.94. The summed E-state index contributed by atoms with van der Waals surface area (Å²) in [7, 11) is 0. The highest BCUT2D eigenvalue weighted by Crippen LogP contribution is 2.21. The number of H-pyrrole nitrogens is 2. The van der Waals surface area contributed by atoms with E-state index in [1.165, 1.54) is 10.6 Å². The van der Waals surface area contributed by atoms with Gasteiger partial charge in [0.05, 0.1) is 17.4 Å². The Hall–Kier alpha value is -2.96. The van der Waals surface area contributed by atoms with Crippen molar-refractivity contribution in [3.63, 3.8) is 0 Å². The van der Waals surface area contributed by atoms with Crippen molar-refractivity contribution in [3.05, 3.63) is 46.6 Å². The Labute approximate surface area is 118 Å². The van der Waals surface area contributed by atoms with E-state index in [1.807, 2.05) is 25.1 Å². The summed E-state index contributed by atoms with van der Waals surface area (Å²) in [5, 5.41) is 12.0. The first-order valence-electron chi connectivity index (χ1n) is 6.67. The van der Waals surface area contributed by atoms with Crippen LogP contribution in [0.3, 0.4) is 0 Å². The smallest absolute Gasteiger partial charge is 0.276 e. The maximum Gasteiger partial charge on any atom is 0.276 e. The van der Waals surface area contributed by atoms with Gasteiger partial charge in [-0.05, 0) is 17.7 Å². The summed E-state index contributed by atoms with van der Waals surface area (Å²) < 4.78 is 1.29. The molecule has 0 spiro atoms. The Morgan fingerprint density at radius 2 is 2.19 bits per heavy atom. The average molecular weight is 280 g/mol. The highest BCUT2D eigenvalue weighted by molar-refractivity contribution is 5.83. The van der Waals surface area contributed by atoms with E-state index in [-0.39, 0.29) is 5.56 Å². The molecule has 3 heterocycles. The van der Waals surface area contributed by atoms with Gasteiger partial charge in [0.2, 0.25) is 5.78 Å². The van der Waals surface area contributed by atoms with E-state index in [1.54, 1.807) is 6.20 Å². The van der Waals surface area contributed by atoms with Gasteiger partial charge in [-0.25, -0.2) is 0 Å². The van der Waals surface area contributed by atoms with Crippen molar-refractivity contribution >= 4 is 16.7 Å². The zero-order chi connectivity index (χ0) is 14.4. The number of nitrogens with one attached hydrogen (secondary N) is 2. The fourth-order valence-electron chi connectivity index (χ4n) is 2.35. The van der Waals surface area contributed by atoms with Gasteiger partial charge in [-0.2, -0.15) is 14.6 Å². The minimum atomic E-state index is -0.196. The maximum absolute atomic E-state index is 12.1. The number of hydrogen-bond donors (Lipinski definition) is 2. The van der Waals surface area contributed by atoms with Gasteiger partial charge in [-0.15, -0.1) is 5.10 Å². The molecule has 104 valence electrons. The quantitative estimate of drug-likeness (QED) is 0.582. The molecule has 0 fully saturated rings. The summed E-state index contributed by atoms with van der Waals surface area (Å²) in [5.41, 5.74) is 2.38. The van der Waals surface area contributed by atoms with Crippen molar-refractivity contribution in [2.45, 2.75) is 13.3 Å². The van der Waals surface area contributed by atoms with Crippen molar-refractivity contribution in [3.8, 4) is 11.3 Å². The minimum Gasteiger partial charge on any atom is -0.323 e. The minimum absolute atomic E-state index is 0.196. The van der Waals surface area contributed by atoms with Gasteiger partial charge in [0.25, 0.3) is 5.56 Å². The number of aromatic nitrogens is 6. The fraction of sp³-hybridized carbons (Fsp3) is 0.143. The largest absolute Gasteiger partial charge is 0.323 e. The van der Waals surface area contributed by atoms with Crippen LogP contribution in [0.15, 0.2) is 35.3 Å². The van der Waals surface area contributed by atoms with Crippen molar-refractivity contribution in [2.75, 3.05) is 0 Å². The van der Waals surface area contributed by atoms with Gasteiger partial charge >= 0.3 is 0 Å². The Morgan fingerprint density at radius 1 is 1.29 bits per heavy atom. The zero-order valence-corrected chi connectivity index (χ0v) is 11.3. The topological polar surface area (TPSA) is 91.7 Å². The lowest BCUT2D eigenvalue weighted by Crippen LogP contribution is -2.14. The SMILES string of the molecule is CCc1nc2[nH]c(-c3ccc4[nH]ncc4c3)cc(=O)n2n1. The number of nitrogens with zero attached hydrogens (tertiary/aromatic N) is 4. The van der Waals surface area contributed by atoms with Crippen LogP contribution in [-0.4, -0.2) is 29.8 Å². The van der Waals surface area contributed by atoms with Crippen molar-refractivity contribution in [1.82, 2.24) is 29.8 Å². The first-order chi connectivity index (χ1) is 10.2. The third kappa shape index (κ3) is 1.82. The lowest BCUT2D eigenvalue weighted by Gasteiger charge is -2.02. The molecule has 0 saturated heterocycles. The lowest BCUT2D eigenvalue weighted by atomic mass is 10.1. The molecule has 0 radical (unpaired) electrons. The Morgan fingerprint density at radius 3 is 3.05 bits per heavy atom. The van der Waals surface area contributed by atoms with Gasteiger partial charge in [0.15, 0.2) is 5.82 Å². The summed E-state index contributed by atoms with van der Waals surface area (Å²) in [4.78, 5) is 19.6.